The molecule has 2 unspecified atom stereocenters. The van der Waals surface area contributed by atoms with Gasteiger partial charge in [0.1, 0.15) is 0 Å². The molecular formula is C16H22N2O3. The van der Waals surface area contributed by atoms with Crippen molar-refractivity contribution < 1.29 is 14.7 Å². The van der Waals surface area contributed by atoms with Gasteiger partial charge in [-0.3, -0.25) is 4.79 Å². The molecule has 0 heterocycles. The van der Waals surface area contributed by atoms with Gasteiger partial charge in [0.25, 0.3) is 0 Å². The molecule has 2 atom stereocenters. The van der Waals surface area contributed by atoms with Crippen LogP contribution in [0, 0.1) is 5.92 Å². The van der Waals surface area contributed by atoms with E-state index in [0.717, 1.165) is 24.8 Å². The van der Waals surface area contributed by atoms with Crippen LogP contribution in [0.2, 0.25) is 0 Å². The molecule has 0 aliphatic heterocycles. The van der Waals surface area contributed by atoms with E-state index in [0.29, 0.717) is 18.0 Å². The molecule has 0 radical (unpaired) electrons. The predicted molar refractivity (Wildman–Crippen MR) is 81.4 cm³/mol. The van der Waals surface area contributed by atoms with Gasteiger partial charge in [0.2, 0.25) is 0 Å². The molecule has 1 aromatic rings. The predicted octanol–water partition coefficient (Wildman–Crippen LogP) is 3.01. The molecule has 2 amide bonds. The fourth-order valence-corrected chi connectivity index (χ4v) is 2.75. The molecule has 1 aliphatic rings. The molecule has 0 spiro atoms. The molecular weight excluding hydrogens is 268 g/mol. The van der Waals surface area contributed by atoms with Gasteiger partial charge in [0, 0.05) is 18.2 Å². The largest absolute Gasteiger partial charge is 0.481 e. The highest BCUT2D eigenvalue weighted by Crippen LogP contribution is 2.24. The first-order chi connectivity index (χ1) is 10.0. The molecule has 5 heteroatoms. The summed E-state index contributed by atoms with van der Waals surface area (Å²) in [5.74, 6) is -0.293. The lowest BCUT2D eigenvalue weighted by Crippen LogP contribution is -2.39. The second-order valence-electron chi connectivity index (χ2n) is 5.71. The number of anilines is 1. The second kappa shape index (κ2) is 7.11. The van der Waals surface area contributed by atoms with E-state index in [1.165, 1.54) is 0 Å². The van der Waals surface area contributed by atoms with Crippen LogP contribution in [0.1, 0.15) is 38.2 Å². The Labute approximate surface area is 124 Å². The lowest BCUT2D eigenvalue weighted by molar-refractivity contribution is -0.136. The van der Waals surface area contributed by atoms with Crippen molar-refractivity contribution in [3.8, 4) is 0 Å². The Bertz CT molecular complexity index is 516. The Morgan fingerprint density at radius 3 is 2.81 bits per heavy atom. The maximum atomic E-state index is 12.0. The quantitative estimate of drug-likeness (QED) is 0.780. The third-order valence-corrected chi connectivity index (χ3v) is 3.99. The third kappa shape index (κ3) is 4.77. The van der Waals surface area contributed by atoms with E-state index in [1.807, 2.05) is 24.3 Å². The van der Waals surface area contributed by atoms with Crippen molar-refractivity contribution in [3.05, 3.63) is 29.8 Å². The van der Waals surface area contributed by atoms with Crippen LogP contribution in [0.5, 0.6) is 0 Å². The summed E-state index contributed by atoms with van der Waals surface area (Å²) in [5, 5.41) is 14.5. The zero-order valence-corrected chi connectivity index (χ0v) is 12.3. The SMILES string of the molecule is CC1CCCC1NC(=O)Nc1cccc(CCC(=O)O)c1. The average molecular weight is 290 g/mol. The van der Waals surface area contributed by atoms with Gasteiger partial charge in [-0.25, -0.2) is 4.79 Å². The summed E-state index contributed by atoms with van der Waals surface area (Å²) in [4.78, 5) is 22.6. The van der Waals surface area contributed by atoms with Crippen LogP contribution in [0.3, 0.4) is 0 Å². The molecule has 21 heavy (non-hydrogen) atoms. The first-order valence-electron chi connectivity index (χ1n) is 7.43. The number of benzene rings is 1. The van der Waals surface area contributed by atoms with Gasteiger partial charge in [0.05, 0.1) is 0 Å². The van der Waals surface area contributed by atoms with E-state index in [4.69, 9.17) is 5.11 Å². The highest BCUT2D eigenvalue weighted by Gasteiger charge is 2.24. The van der Waals surface area contributed by atoms with Crippen molar-refractivity contribution in [3.63, 3.8) is 0 Å². The highest BCUT2D eigenvalue weighted by molar-refractivity contribution is 5.89. The van der Waals surface area contributed by atoms with Gasteiger partial charge in [-0.2, -0.15) is 0 Å². The van der Waals surface area contributed by atoms with Gasteiger partial charge in [0.15, 0.2) is 0 Å². The molecule has 1 aromatic carbocycles. The molecule has 2 rings (SSSR count). The Kier molecular flexibility index (Phi) is 5.20. The lowest BCUT2D eigenvalue weighted by atomic mass is 10.1. The van der Waals surface area contributed by atoms with Gasteiger partial charge in [-0.05, 0) is 42.9 Å². The molecule has 5 nitrogen and oxygen atoms in total. The Hall–Kier alpha value is -2.04. The summed E-state index contributed by atoms with van der Waals surface area (Å²) in [6.07, 6.45) is 3.92. The number of aryl methyl sites for hydroxylation is 1. The molecule has 3 N–H and O–H groups in total. The first kappa shape index (κ1) is 15.4. The second-order valence-corrected chi connectivity index (χ2v) is 5.71. The fraction of sp³-hybridized carbons (Fsp3) is 0.500. The lowest BCUT2D eigenvalue weighted by Gasteiger charge is -2.17. The van der Waals surface area contributed by atoms with Gasteiger partial charge < -0.3 is 15.7 Å². The zero-order valence-electron chi connectivity index (χ0n) is 12.3. The zero-order chi connectivity index (χ0) is 15.2. The van der Waals surface area contributed by atoms with Crippen molar-refractivity contribution in [1.29, 1.82) is 0 Å². The number of carbonyl (C=O) groups is 2. The molecule has 1 fully saturated rings. The Morgan fingerprint density at radius 2 is 2.14 bits per heavy atom. The number of hydrogen-bond acceptors (Lipinski definition) is 2. The molecule has 0 aromatic heterocycles. The Morgan fingerprint density at radius 1 is 1.33 bits per heavy atom. The van der Waals surface area contributed by atoms with Crippen molar-refractivity contribution in [2.45, 2.75) is 45.1 Å². The van der Waals surface area contributed by atoms with Crippen molar-refractivity contribution in [2.24, 2.45) is 5.92 Å². The van der Waals surface area contributed by atoms with Gasteiger partial charge >= 0.3 is 12.0 Å². The van der Waals surface area contributed by atoms with Crippen LogP contribution in [-0.4, -0.2) is 23.1 Å². The highest BCUT2D eigenvalue weighted by atomic mass is 16.4. The summed E-state index contributed by atoms with van der Waals surface area (Å²) in [6.45, 7) is 2.16. The summed E-state index contributed by atoms with van der Waals surface area (Å²) in [6, 6.07) is 7.38. The first-order valence-corrected chi connectivity index (χ1v) is 7.43. The number of carboxylic acids is 1. The number of carboxylic acid groups (broad SMARTS) is 1. The minimum absolute atomic E-state index is 0.0925. The number of carbonyl (C=O) groups excluding carboxylic acids is 1. The normalized spacial score (nSPS) is 21.0. The van der Waals surface area contributed by atoms with E-state index in [2.05, 4.69) is 17.6 Å². The Balaban J connectivity index is 1.88. The summed E-state index contributed by atoms with van der Waals surface area (Å²) < 4.78 is 0. The molecule has 1 aliphatic carbocycles. The van der Waals surface area contributed by atoms with E-state index >= 15 is 0 Å². The van der Waals surface area contributed by atoms with Crippen LogP contribution in [0.25, 0.3) is 0 Å². The topological polar surface area (TPSA) is 78.4 Å². The van der Waals surface area contributed by atoms with Crippen LogP contribution in [0.15, 0.2) is 24.3 Å². The summed E-state index contributed by atoms with van der Waals surface area (Å²) >= 11 is 0. The van der Waals surface area contributed by atoms with E-state index in [1.54, 1.807) is 0 Å². The van der Waals surface area contributed by atoms with Crippen LogP contribution >= 0.6 is 0 Å². The molecule has 1 saturated carbocycles. The minimum Gasteiger partial charge on any atom is -0.481 e. The van der Waals surface area contributed by atoms with Crippen LogP contribution in [0.4, 0.5) is 10.5 Å². The number of nitrogens with one attached hydrogen (secondary N) is 2. The number of hydrogen-bond donors (Lipinski definition) is 3. The number of amides is 2. The molecule has 0 saturated heterocycles. The van der Waals surface area contributed by atoms with E-state index < -0.39 is 5.97 Å². The number of aliphatic carboxylic acids is 1. The molecule has 0 bridgehead atoms. The summed E-state index contributed by atoms with van der Waals surface area (Å²) in [7, 11) is 0. The van der Waals surface area contributed by atoms with Crippen molar-refractivity contribution in [2.75, 3.05) is 5.32 Å². The van der Waals surface area contributed by atoms with Crippen molar-refractivity contribution >= 4 is 17.7 Å². The standard InChI is InChI=1S/C16H22N2O3/c1-11-4-2-7-14(11)18-16(21)17-13-6-3-5-12(10-13)8-9-15(19)20/h3,5-6,10-11,14H,2,4,7-9H2,1H3,(H,19,20)(H2,17,18,21). The summed E-state index contributed by atoms with van der Waals surface area (Å²) in [5.41, 5.74) is 1.60. The van der Waals surface area contributed by atoms with Gasteiger partial charge in [-0.1, -0.05) is 25.5 Å². The van der Waals surface area contributed by atoms with Gasteiger partial charge in [-0.15, -0.1) is 0 Å². The van der Waals surface area contributed by atoms with Crippen LogP contribution in [-0.2, 0) is 11.2 Å². The van der Waals surface area contributed by atoms with Crippen molar-refractivity contribution in [1.82, 2.24) is 5.32 Å². The maximum Gasteiger partial charge on any atom is 0.319 e. The smallest absolute Gasteiger partial charge is 0.319 e. The van der Waals surface area contributed by atoms with E-state index in [9.17, 15) is 9.59 Å². The third-order valence-electron chi connectivity index (χ3n) is 3.99. The number of rotatable bonds is 5. The average Bonchev–Trinajstić information content (AvgIpc) is 2.82. The van der Waals surface area contributed by atoms with E-state index in [-0.39, 0.29) is 18.5 Å². The minimum atomic E-state index is -0.818. The number of urea groups is 1. The van der Waals surface area contributed by atoms with Crippen LogP contribution < -0.4 is 10.6 Å². The maximum absolute atomic E-state index is 12.0. The monoisotopic (exact) mass is 290 g/mol. The molecule has 114 valence electrons. The fourth-order valence-electron chi connectivity index (χ4n) is 2.75.